The first-order valence-electron chi connectivity index (χ1n) is 3.85. The molecule has 0 aromatic heterocycles. The van der Waals surface area contributed by atoms with Crippen LogP contribution >= 0.6 is 0 Å². The fourth-order valence-corrected chi connectivity index (χ4v) is 1.88. The molecule has 0 radical (unpaired) electrons. The minimum absolute atomic E-state index is 0.293. The zero-order chi connectivity index (χ0) is 8.97. The molecule has 1 rings (SSSR count). The molecule has 1 aromatic carbocycles. The summed E-state index contributed by atoms with van der Waals surface area (Å²) in [5.41, 5.74) is -1.24. The van der Waals surface area contributed by atoms with Crippen LogP contribution in [0.15, 0.2) is 35.2 Å². The standard InChI is InChI=1S/C9H11FOS/c1-2-9(10)12(11)8-6-4-3-5-7-8/h3-7,9H,2H2,1H3. The summed E-state index contributed by atoms with van der Waals surface area (Å²) in [5, 5.41) is 0. The molecule has 0 N–H and O–H groups in total. The van der Waals surface area contributed by atoms with Crippen molar-refractivity contribution in [1.82, 2.24) is 0 Å². The molecule has 2 unspecified atom stereocenters. The third-order valence-electron chi connectivity index (χ3n) is 1.53. The lowest BCUT2D eigenvalue weighted by Crippen LogP contribution is -2.07. The average molecular weight is 186 g/mol. The largest absolute Gasteiger partial charge is 0.251 e. The molecule has 0 bridgehead atoms. The first kappa shape index (κ1) is 9.39. The van der Waals surface area contributed by atoms with Gasteiger partial charge in [-0.1, -0.05) is 25.1 Å². The maximum absolute atomic E-state index is 12.9. The van der Waals surface area contributed by atoms with Crippen molar-refractivity contribution in [3.05, 3.63) is 30.3 Å². The Labute approximate surface area is 74.1 Å². The second kappa shape index (κ2) is 4.36. The van der Waals surface area contributed by atoms with Crippen LogP contribution in [0.5, 0.6) is 0 Å². The van der Waals surface area contributed by atoms with Crippen LogP contribution in [-0.2, 0) is 10.8 Å². The van der Waals surface area contributed by atoms with Gasteiger partial charge in [0.15, 0.2) is 5.50 Å². The van der Waals surface area contributed by atoms with E-state index < -0.39 is 16.3 Å². The Bertz CT molecular complexity index is 260. The monoisotopic (exact) mass is 186 g/mol. The normalized spacial score (nSPS) is 15.5. The third-order valence-corrected chi connectivity index (χ3v) is 3.06. The molecule has 12 heavy (non-hydrogen) atoms. The van der Waals surface area contributed by atoms with E-state index in [9.17, 15) is 8.60 Å². The summed E-state index contributed by atoms with van der Waals surface area (Å²) in [7, 11) is -1.49. The Morgan fingerprint density at radius 3 is 2.50 bits per heavy atom. The van der Waals surface area contributed by atoms with Crippen molar-refractivity contribution in [2.45, 2.75) is 23.7 Å². The lowest BCUT2D eigenvalue weighted by molar-refractivity contribution is 0.429. The lowest BCUT2D eigenvalue weighted by Gasteiger charge is -2.04. The predicted molar refractivity (Wildman–Crippen MR) is 48.0 cm³/mol. The predicted octanol–water partition coefficient (Wildman–Crippen LogP) is 2.50. The molecule has 66 valence electrons. The van der Waals surface area contributed by atoms with E-state index in [1.807, 2.05) is 6.07 Å². The number of halogens is 1. The van der Waals surface area contributed by atoms with Crippen LogP contribution in [0.4, 0.5) is 4.39 Å². The van der Waals surface area contributed by atoms with Gasteiger partial charge in [0.05, 0.1) is 10.8 Å². The molecule has 0 saturated heterocycles. The van der Waals surface area contributed by atoms with E-state index in [0.29, 0.717) is 11.3 Å². The molecule has 0 saturated carbocycles. The summed E-state index contributed by atoms with van der Waals surface area (Å²) in [4.78, 5) is 0.562. The molecule has 0 heterocycles. The van der Waals surface area contributed by atoms with Gasteiger partial charge in [-0.05, 0) is 18.6 Å². The van der Waals surface area contributed by atoms with Crippen LogP contribution in [0.1, 0.15) is 13.3 Å². The number of alkyl halides is 1. The van der Waals surface area contributed by atoms with Crippen LogP contribution in [0, 0.1) is 0 Å². The van der Waals surface area contributed by atoms with Crippen molar-refractivity contribution in [2.75, 3.05) is 0 Å². The average Bonchev–Trinajstić information content (AvgIpc) is 2.17. The summed E-state index contributed by atoms with van der Waals surface area (Å²) >= 11 is 0. The molecule has 0 spiro atoms. The van der Waals surface area contributed by atoms with E-state index in [-0.39, 0.29) is 0 Å². The second-order valence-electron chi connectivity index (χ2n) is 2.43. The van der Waals surface area contributed by atoms with Gasteiger partial charge in [0, 0.05) is 4.90 Å². The van der Waals surface area contributed by atoms with E-state index in [1.165, 1.54) is 0 Å². The lowest BCUT2D eigenvalue weighted by atomic mass is 10.4. The highest BCUT2D eigenvalue weighted by atomic mass is 32.2. The van der Waals surface area contributed by atoms with Gasteiger partial charge in [-0.25, -0.2) is 4.39 Å². The van der Waals surface area contributed by atoms with Crippen LogP contribution in [0.25, 0.3) is 0 Å². The molecular formula is C9H11FOS. The van der Waals surface area contributed by atoms with Gasteiger partial charge in [0.2, 0.25) is 0 Å². The van der Waals surface area contributed by atoms with E-state index in [1.54, 1.807) is 31.2 Å². The molecule has 0 fully saturated rings. The highest BCUT2D eigenvalue weighted by Crippen LogP contribution is 2.13. The van der Waals surface area contributed by atoms with E-state index in [2.05, 4.69) is 0 Å². The number of rotatable bonds is 3. The van der Waals surface area contributed by atoms with Crippen molar-refractivity contribution >= 4 is 10.8 Å². The SMILES string of the molecule is CCC(F)S(=O)c1ccccc1. The van der Waals surface area contributed by atoms with Crippen molar-refractivity contribution in [3.63, 3.8) is 0 Å². The highest BCUT2D eigenvalue weighted by Gasteiger charge is 2.13. The van der Waals surface area contributed by atoms with E-state index in [0.717, 1.165) is 0 Å². The van der Waals surface area contributed by atoms with Gasteiger partial charge in [0.1, 0.15) is 0 Å². The van der Waals surface area contributed by atoms with Crippen molar-refractivity contribution < 1.29 is 8.60 Å². The molecule has 3 heteroatoms. The van der Waals surface area contributed by atoms with E-state index >= 15 is 0 Å². The second-order valence-corrected chi connectivity index (χ2v) is 4.01. The zero-order valence-electron chi connectivity index (χ0n) is 6.87. The Hall–Kier alpha value is -0.700. The highest BCUT2D eigenvalue weighted by molar-refractivity contribution is 7.85. The van der Waals surface area contributed by atoms with E-state index in [4.69, 9.17) is 0 Å². The number of hydrogen-bond donors (Lipinski definition) is 0. The van der Waals surface area contributed by atoms with Gasteiger partial charge in [0.25, 0.3) is 0 Å². The Balaban J connectivity index is 2.79. The molecule has 2 atom stereocenters. The third kappa shape index (κ3) is 2.14. The van der Waals surface area contributed by atoms with Crippen molar-refractivity contribution in [2.24, 2.45) is 0 Å². The molecule has 0 aliphatic heterocycles. The fraction of sp³-hybridized carbons (Fsp3) is 0.333. The van der Waals surface area contributed by atoms with Crippen LogP contribution in [-0.4, -0.2) is 9.71 Å². The van der Waals surface area contributed by atoms with Gasteiger partial charge in [-0.3, -0.25) is 4.21 Å². The van der Waals surface area contributed by atoms with Crippen molar-refractivity contribution in [3.8, 4) is 0 Å². The number of benzene rings is 1. The maximum Gasteiger partial charge on any atom is 0.179 e. The minimum atomic E-state index is -1.49. The fourth-order valence-electron chi connectivity index (χ4n) is 0.854. The molecule has 0 aliphatic rings. The summed E-state index contributed by atoms with van der Waals surface area (Å²) < 4.78 is 24.2. The topological polar surface area (TPSA) is 17.1 Å². The molecule has 0 aliphatic carbocycles. The van der Waals surface area contributed by atoms with Crippen LogP contribution in [0.3, 0.4) is 0 Å². The zero-order valence-corrected chi connectivity index (χ0v) is 7.68. The van der Waals surface area contributed by atoms with Gasteiger partial charge in [-0.2, -0.15) is 0 Å². The van der Waals surface area contributed by atoms with Crippen LogP contribution in [0.2, 0.25) is 0 Å². The van der Waals surface area contributed by atoms with Crippen LogP contribution < -0.4 is 0 Å². The quantitative estimate of drug-likeness (QED) is 0.708. The summed E-state index contributed by atoms with van der Waals surface area (Å²) in [6, 6.07) is 8.70. The smallest absolute Gasteiger partial charge is 0.179 e. The number of hydrogen-bond acceptors (Lipinski definition) is 1. The summed E-state index contributed by atoms with van der Waals surface area (Å²) in [6.07, 6.45) is 0.293. The summed E-state index contributed by atoms with van der Waals surface area (Å²) in [6.45, 7) is 1.69. The van der Waals surface area contributed by atoms with Gasteiger partial charge in [-0.15, -0.1) is 0 Å². The molecule has 1 aromatic rings. The van der Waals surface area contributed by atoms with Gasteiger partial charge >= 0.3 is 0 Å². The molecule has 1 nitrogen and oxygen atoms in total. The Morgan fingerprint density at radius 1 is 1.42 bits per heavy atom. The van der Waals surface area contributed by atoms with Crippen molar-refractivity contribution in [1.29, 1.82) is 0 Å². The first-order valence-corrected chi connectivity index (χ1v) is 5.06. The Kier molecular flexibility index (Phi) is 3.41. The maximum atomic E-state index is 12.9. The first-order chi connectivity index (χ1) is 5.75. The minimum Gasteiger partial charge on any atom is -0.251 e. The Morgan fingerprint density at radius 2 is 2.00 bits per heavy atom. The summed E-state index contributed by atoms with van der Waals surface area (Å²) in [5.74, 6) is 0. The van der Waals surface area contributed by atoms with Gasteiger partial charge < -0.3 is 0 Å². The molecular weight excluding hydrogens is 175 g/mol. The molecule has 0 amide bonds.